The first-order valence-corrected chi connectivity index (χ1v) is 9.03. The Balaban J connectivity index is 1.89. The van der Waals surface area contributed by atoms with Crippen LogP contribution in [0.4, 0.5) is 15.3 Å². The van der Waals surface area contributed by atoms with Crippen LogP contribution in [0.3, 0.4) is 0 Å². The van der Waals surface area contributed by atoms with Crippen molar-refractivity contribution in [2.75, 3.05) is 4.90 Å². The molecule has 0 aromatic heterocycles. The summed E-state index contributed by atoms with van der Waals surface area (Å²) in [5.74, 6) is -1.65. The van der Waals surface area contributed by atoms with E-state index >= 15 is 0 Å². The highest BCUT2D eigenvalue weighted by atomic mass is 32.2. The van der Waals surface area contributed by atoms with E-state index in [2.05, 4.69) is 10.6 Å². The number of aryl methyl sites for hydroxylation is 1. The molecule has 0 saturated carbocycles. The van der Waals surface area contributed by atoms with Gasteiger partial charge in [-0.15, -0.1) is 0 Å². The molecular formula is C15H13N3O5S2. The molecule has 1 aromatic rings. The van der Waals surface area contributed by atoms with E-state index in [0.29, 0.717) is 17.4 Å². The molecule has 3 rings (SSSR count). The predicted molar refractivity (Wildman–Crippen MR) is 93.1 cm³/mol. The highest BCUT2D eigenvalue weighted by Gasteiger charge is 2.42. The van der Waals surface area contributed by atoms with Crippen molar-refractivity contribution in [2.45, 2.75) is 24.0 Å². The lowest BCUT2D eigenvalue weighted by atomic mass is 10.1. The maximum absolute atomic E-state index is 12.8. The third-order valence-corrected chi connectivity index (χ3v) is 5.52. The van der Waals surface area contributed by atoms with Crippen LogP contribution in [-0.4, -0.2) is 38.8 Å². The number of hydrogen-bond donors (Lipinski definition) is 2. The van der Waals surface area contributed by atoms with E-state index in [9.17, 15) is 24.0 Å². The molecule has 10 heteroatoms. The van der Waals surface area contributed by atoms with Gasteiger partial charge in [0.25, 0.3) is 16.4 Å². The third kappa shape index (κ3) is 3.69. The number of carbonyl (C=O) groups is 5. The molecular weight excluding hydrogens is 366 g/mol. The summed E-state index contributed by atoms with van der Waals surface area (Å²) in [4.78, 5) is 60.6. The minimum Gasteiger partial charge on any atom is -0.290 e. The molecule has 5 amide bonds. The zero-order valence-corrected chi connectivity index (χ0v) is 14.6. The van der Waals surface area contributed by atoms with E-state index in [1.54, 1.807) is 18.2 Å². The Bertz CT molecular complexity index is 797. The van der Waals surface area contributed by atoms with Gasteiger partial charge in [-0.1, -0.05) is 23.9 Å². The normalized spacial score (nSPS) is 22.8. The van der Waals surface area contributed by atoms with Crippen molar-refractivity contribution in [1.82, 2.24) is 10.6 Å². The molecule has 2 unspecified atom stereocenters. The second-order valence-electron chi connectivity index (χ2n) is 5.44. The summed E-state index contributed by atoms with van der Waals surface area (Å²) in [6.07, 6.45) is -0.255. The Morgan fingerprint density at radius 2 is 1.76 bits per heavy atom. The molecule has 1 aromatic carbocycles. The molecule has 8 nitrogen and oxygen atoms in total. The van der Waals surface area contributed by atoms with Gasteiger partial charge in [-0.2, -0.15) is 0 Å². The highest BCUT2D eigenvalue weighted by molar-refractivity contribution is 8.15. The van der Waals surface area contributed by atoms with Gasteiger partial charge in [-0.25, -0.2) is 0 Å². The average Bonchev–Trinajstić information content (AvgIpc) is 3.01. The van der Waals surface area contributed by atoms with E-state index in [-0.39, 0.29) is 6.42 Å². The Labute approximate surface area is 151 Å². The predicted octanol–water partition coefficient (Wildman–Crippen LogP) is 1.38. The topological polar surface area (TPSA) is 113 Å². The molecule has 2 aliphatic heterocycles. The van der Waals surface area contributed by atoms with E-state index in [1.165, 1.54) is 4.90 Å². The number of carbonyl (C=O) groups excluding carboxylic acids is 5. The largest absolute Gasteiger partial charge is 0.290 e. The standard InChI is InChI=1S/C15H13N3O5S2/c1-7-3-2-4-8(5-7)18(13-12(21)17-15(23)25-13)10(19)6-9-11(20)16-14(22)24-9/h2-5,9,13H,6H2,1H3,(H,16,20,22)(H,17,21,23). The SMILES string of the molecule is Cc1cccc(N(C(=O)CC2SC(=O)NC2=O)C2SC(=O)NC2=O)c1. The molecule has 25 heavy (non-hydrogen) atoms. The van der Waals surface area contributed by atoms with Gasteiger partial charge in [0.2, 0.25) is 11.8 Å². The summed E-state index contributed by atoms with van der Waals surface area (Å²) in [5, 5.41) is 1.33. The molecule has 0 spiro atoms. The monoisotopic (exact) mass is 379 g/mol. The van der Waals surface area contributed by atoms with Gasteiger partial charge in [-0.05, 0) is 36.4 Å². The van der Waals surface area contributed by atoms with Crippen LogP contribution >= 0.6 is 23.5 Å². The zero-order chi connectivity index (χ0) is 18.1. The lowest BCUT2D eigenvalue weighted by Gasteiger charge is -2.27. The quantitative estimate of drug-likeness (QED) is 0.812. The molecule has 2 heterocycles. The molecule has 2 aliphatic rings. The lowest BCUT2D eigenvalue weighted by Crippen LogP contribution is -2.45. The van der Waals surface area contributed by atoms with Crippen molar-refractivity contribution in [3.8, 4) is 0 Å². The minimum absolute atomic E-state index is 0.255. The van der Waals surface area contributed by atoms with Gasteiger partial charge in [0.15, 0.2) is 5.37 Å². The first-order valence-electron chi connectivity index (χ1n) is 7.27. The second kappa shape index (κ2) is 6.89. The molecule has 0 bridgehead atoms. The highest BCUT2D eigenvalue weighted by Crippen LogP contribution is 2.31. The molecule has 2 fully saturated rings. The van der Waals surface area contributed by atoms with Crippen LogP contribution in [0.25, 0.3) is 0 Å². The maximum atomic E-state index is 12.8. The van der Waals surface area contributed by atoms with Crippen LogP contribution < -0.4 is 15.5 Å². The van der Waals surface area contributed by atoms with E-state index < -0.39 is 38.8 Å². The van der Waals surface area contributed by atoms with Crippen molar-refractivity contribution in [1.29, 1.82) is 0 Å². The van der Waals surface area contributed by atoms with Crippen molar-refractivity contribution in [3.63, 3.8) is 0 Å². The van der Waals surface area contributed by atoms with Crippen LogP contribution in [0.2, 0.25) is 0 Å². The Hall–Kier alpha value is -2.33. The number of thioether (sulfide) groups is 2. The molecule has 2 N–H and O–H groups in total. The molecule has 2 atom stereocenters. The van der Waals surface area contributed by atoms with Gasteiger partial charge >= 0.3 is 0 Å². The van der Waals surface area contributed by atoms with Crippen LogP contribution in [0.1, 0.15) is 12.0 Å². The van der Waals surface area contributed by atoms with Gasteiger partial charge in [0, 0.05) is 12.1 Å². The van der Waals surface area contributed by atoms with E-state index in [0.717, 1.165) is 17.3 Å². The number of nitrogens with zero attached hydrogens (tertiary/aromatic N) is 1. The van der Waals surface area contributed by atoms with Crippen molar-refractivity contribution < 1.29 is 24.0 Å². The third-order valence-electron chi connectivity index (χ3n) is 3.58. The second-order valence-corrected chi connectivity index (χ2v) is 7.67. The summed E-state index contributed by atoms with van der Waals surface area (Å²) in [6.45, 7) is 1.83. The fraction of sp³-hybridized carbons (Fsp3) is 0.267. The summed E-state index contributed by atoms with van der Waals surface area (Å²) < 4.78 is 0. The summed E-state index contributed by atoms with van der Waals surface area (Å²) in [6, 6.07) is 6.92. The first-order chi connectivity index (χ1) is 11.8. The van der Waals surface area contributed by atoms with Crippen LogP contribution in [-0.2, 0) is 14.4 Å². The smallest absolute Gasteiger partial charge is 0.288 e. The lowest BCUT2D eigenvalue weighted by molar-refractivity contribution is -0.125. The summed E-state index contributed by atoms with van der Waals surface area (Å²) in [7, 11) is 0. The molecule has 0 radical (unpaired) electrons. The maximum Gasteiger partial charge on any atom is 0.288 e. The first kappa shape index (κ1) is 17.5. The number of nitrogens with one attached hydrogen (secondary N) is 2. The van der Waals surface area contributed by atoms with Crippen molar-refractivity contribution in [2.24, 2.45) is 0 Å². The van der Waals surface area contributed by atoms with Crippen LogP contribution in [0, 0.1) is 6.92 Å². The number of amides is 5. The number of hydrogen-bond acceptors (Lipinski definition) is 7. The van der Waals surface area contributed by atoms with E-state index in [1.807, 2.05) is 13.0 Å². The fourth-order valence-electron chi connectivity index (χ4n) is 2.49. The number of rotatable bonds is 4. The average molecular weight is 379 g/mol. The Kier molecular flexibility index (Phi) is 4.82. The Morgan fingerprint density at radius 3 is 2.32 bits per heavy atom. The molecule has 2 saturated heterocycles. The zero-order valence-electron chi connectivity index (χ0n) is 13.0. The minimum atomic E-state index is -1.05. The van der Waals surface area contributed by atoms with Gasteiger partial charge in [0.1, 0.15) is 5.25 Å². The Morgan fingerprint density at radius 1 is 1.08 bits per heavy atom. The number of benzene rings is 1. The van der Waals surface area contributed by atoms with Crippen LogP contribution in [0.15, 0.2) is 24.3 Å². The molecule has 0 aliphatic carbocycles. The molecule has 130 valence electrons. The van der Waals surface area contributed by atoms with Crippen LogP contribution in [0.5, 0.6) is 0 Å². The van der Waals surface area contributed by atoms with Gasteiger partial charge < -0.3 is 0 Å². The van der Waals surface area contributed by atoms with Crippen molar-refractivity contribution in [3.05, 3.63) is 29.8 Å². The van der Waals surface area contributed by atoms with Gasteiger partial charge in [-0.3, -0.25) is 39.5 Å². The summed E-state index contributed by atoms with van der Waals surface area (Å²) >= 11 is 1.44. The van der Waals surface area contributed by atoms with E-state index in [4.69, 9.17) is 0 Å². The summed E-state index contributed by atoms with van der Waals surface area (Å²) in [5.41, 5.74) is 1.32. The number of imide groups is 2. The van der Waals surface area contributed by atoms with Crippen molar-refractivity contribution >= 4 is 57.4 Å². The fourth-order valence-corrected chi connectivity index (χ4v) is 4.17. The van der Waals surface area contributed by atoms with Gasteiger partial charge in [0.05, 0.1) is 0 Å². The number of anilines is 1.